The Morgan fingerprint density at radius 2 is 2.19 bits per heavy atom. The number of aliphatic hydroxyl groups excluding tert-OH is 1. The van der Waals surface area contributed by atoms with Gasteiger partial charge in [-0.2, -0.15) is 0 Å². The van der Waals surface area contributed by atoms with Gasteiger partial charge < -0.3 is 9.84 Å². The molecule has 1 N–H and O–H groups in total. The third kappa shape index (κ3) is 2.08. The number of rotatable bonds is 3. The number of benzene rings is 1. The summed E-state index contributed by atoms with van der Waals surface area (Å²) in [4.78, 5) is 0.768. The molecule has 1 aromatic heterocycles. The van der Waals surface area contributed by atoms with Crippen LogP contribution in [-0.4, -0.2) is 12.2 Å². The van der Waals surface area contributed by atoms with E-state index in [2.05, 4.69) is 0 Å². The van der Waals surface area contributed by atoms with Gasteiger partial charge in [0, 0.05) is 10.4 Å². The van der Waals surface area contributed by atoms with Crippen LogP contribution >= 0.6 is 11.3 Å². The molecule has 84 valence electrons. The summed E-state index contributed by atoms with van der Waals surface area (Å²) in [5.74, 6) is 0.105. The number of thiophene rings is 1. The van der Waals surface area contributed by atoms with Crippen LogP contribution in [0.1, 0.15) is 16.5 Å². The Morgan fingerprint density at radius 3 is 2.81 bits per heavy atom. The molecule has 16 heavy (non-hydrogen) atoms. The zero-order valence-corrected chi connectivity index (χ0v) is 9.50. The first-order chi connectivity index (χ1) is 7.72. The highest BCUT2D eigenvalue weighted by molar-refractivity contribution is 7.10. The molecule has 0 amide bonds. The molecule has 2 aromatic rings. The van der Waals surface area contributed by atoms with Crippen LogP contribution in [0.25, 0.3) is 0 Å². The number of halogens is 1. The molecular formula is C12H11FO2S. The van der Waals surface area contributed by atoms with Crippen molar-refractivity contribution in [2.75, 3.05) is 7.11 Å². The third-order valence-corrected chi connectivity index (χ3v) is 3.22. The van der Waals surface area contributed by atoms with Crippen molar-refractivity contribution in [2.45, 2.75) is 6.10 Å². The highest BCUT2D eigenvalue weighted by Crippen LogP contribution is 2.32. The van der Waals surface area contributed by atoms with Crippen molar-refractivity contribution in [1.29, 1.82) is 0 Å². The number of hydrogen-bond donors (Lipinski definition) is 1. The molecule has 0 aliphatic rings. The van der Waals surface area contributed by atoms with Crippen LogP contribution in [0.2, 0.25) is 0 Å². The van der Waals surface area contributed by atoms with Gasteiger partial charge in [0.05, 0.1) is 7.11 Å². The van der Waals surface area contributed by atoms with E-state index in [4.69, 9.17) is 4.74 Å². The molecule has 0 saturated heterocycles. The Bertz CT molecular complexity index is 468. The number of hydrogen-bond acceptors (Lipinski definition) is 3. The smallest absolute Gasteiger partial charge is 0.125 e. The van der Waals surface area contributed by atoms with E-state index in [0.717, 1.165) is 4.88 Å². The summed E-state index contributed by atoms with van der Waals surface area (Å²) in [6.45, 7) is 0. The molecule has 2 rings (SSSR count). The van der Waals surface area contributed by atoms with Crippen LogP contribution in [0.15, 0.2) is 35.7 Å². The van der Waals surface area contributed by atoms with E-state index in [0.29, 0.717) is 11.3 Å². The van der Waals surface area contributed by atoms with Crippen molar-refractivity contribution in [2.24, 2.45) is 0 Å². The molecule has 0 aliphatic heterocycles. The lowest BCUT2D eigenvalue weighted by Crippen LogP contribution is -2.01. The SMILES string of the molecule is COc1ccc(F)cc1[C@H](O)c1cccs1. The second-order valence-electron chi connectivity index (χ2n) is 3.30. The first-order valence-corrected chi connectivity index (χ1v) is 5.65. The van der Waals surface area contributed by atoms with Gasteiger partial charge in [0.15, 0.2) is 0 Å². The molecule has 0 unspecified atom stereocenters. The van der Waals surface area contributed by atoms with Crippen molar-refractivity contribution in [3.8, 4) is 5.75 Å². The third-order valence-electron chi connectivity index (χ3n) is 2.30. The summed E-state index contributed by atoms with van der Waals surface area (Å²) in [7, 11) is 1.50. The lowest BCUT2D eigenvalue weighted by Gasteiger charge is -2.13. The van der Waals surface area contributed by atoms with Gasteiger partial charge in [-0.15, -0.1) is 11.3 Å². The number of methoxy groups -OCH3 is 1. The van der Waals surface area contributed by atoms with Gasteiger partial charge in [0.25, 0.3) is 0 Å². The number of aliphatic hydroxyl groups is 1. The van der Waals surface area contributed by atoms with E-state index in [9.17, 15) is 9.50 Å². The molecule has 0 fully saturated rings. The quantitative estimate of drug-likeness (QED) is 0.890. The first-order valence-electron chi connectivity index (χ1n) is 4.77. The topological polar surface area (TPSA) is 29.5 Å². The Morgan fingerprint density at radius 1 is 1.38 bits per heavy atom. The Balaban J connectivity index is 2.42. The molecule has 0 spiro atoms. The maximum Gasteiger partial charge on any atom is 0.125 e. The minimum absolute atomic E-state index is 0.383. The lowest BCUT2D eigenvalue weighted by atomic mass is 10.1. The predicted octanol–water partition coefficient (Wildman–Crippen LogP) is 2.98. The van der Waals surface area contributed by atoms with Crippen LogP contribution in [0.4, 0.5) is 4.39 Å². The van der Waals surface area contributed by atoms with Crippen LogP contribution in [0.5, 0.6) is 5.75 Å². The highest BCUT2D eigenvalue weighted by atomic mass is 32.1. The average Bonchev–Trinajstić information content (AvgIpc) is 2.81. The monoisotopic (exact) mass is 238 g/mol. The van der Waals surface area contributed by atoms with Crippen molar-refractivity contribution in [3.05, 3.63) is 52.0 Å². The van der Waals surface area contributed by atoms with Gasteiger partial charge in [-0.25, -0.2) is 4.39 Å². The van der Waals surface area contributed by atoms with E-state index in [1.807, 2.05) is 11.4 Å². The van der Waals surface area contributed by atoms with E-state index in [1.54, 1.807) is 6.07 Å². The van der Waals surface area contributed by atoms with E-state index in [1.165, 1.54) is 36.6 Å². The van der Waals surface area contributed by atoms with Crippen LogP contribution in [0, 0.1) is 5.82 Å². The molecular weight excluding hydrogens is 227 g/mol. The first kappa shape index (κ1) is 11.1. The molecule has 2 nitrogen and oxygen atoms in total. The van der Waals surface area contributed by atoms with Crippen LogP contribution in [-0.2, 0) is 0 Å². The summed E-state index contributed by atoms with van der Waals surface area (Å²) < 4.78 is 18.2. The summed E-state index contributed by atoms with van der Waals surface area (Å²) in [6.07, 6.45) is -0.842. The average molecular weight is 238 g/mol. The molecule has 4 heteroatoms. The Labute approximate surface area is 96.9 Å². The molecule has 1 aromatic carbocycles. The summed E-state index contributed by atoms with van der Waals surface area (Å²) in [5, 5.41) is 11.9. The van der Waals surface area contributed by atoms with Crippen molar-refractivity contribution < 1.29 is 14.2 Å². The number of ether oxygens (including phenoxy) is 1. The maximum atomic E-state index is 13.1. The lowest BCUT2D eigenvalue weighted by molar-refractivity contribution is 0.218. The van der Waals surface area contributed by atoms with Crippen molar-refractivity contribution >= 4 is 11.3 Å². The van der Waals surface area contributed by atoms with Gasteiger partial charge in [0.1, 0.15) is 17.7 Å². The molecule has 0 saturated carbocycles. The minimum atomic E-state index is -0.842. The van der Waals surface area contributed by atoms with Gasteiger partial charge in [0.2, 0.25) is 0 Å². The van der Waals surface area contributed by atoms with Gasteiger partial charge >= 0.3 is 0 Å². The summed E-state index contributed by atoms with van der Waals surface area (Å²) >= 11 is 1.42. The van der Waals surface area contributed by atoms with Gasteiger partial charge in [-0.05, 0) is 29.6 Å². The van der Waals surface area contributed by atoms with E-state index in [-0.39, 0.29) is 5.82 Å². The fourth-order valence-electron chi connectivity index (χ4n) is 1.52. The standard InChI is InChI=1S/C12H11FO2S/c1-15-10-5-4-8(13)7-9(10)12(14)11-3-2-6-16-11/h2-7,12,14H,1H3/t12-/m0/s1. The van der Waals surface area contributed by atoms with E-state index < -0.39 is 6.10 Å². The fraction of sp³-hybridized carbons (Fsp3) is 0.167. The van der Waals surface area contributed by atoms with Crippen molar-refractivity contribution in [1.82, 2.24) is 0 Å². The van der Waals surface area contributed by atoms with Crippen LogP contribution < -0.4 is 4.74 Å². The maximum absolute atomic E-state index is 13.1. The molecule has 1 atom stereocenters. The largest absolute Gasteiger partial charge is 0.496 e. The molecule has 0 bridgehead atoms. The Kier molecular flexibility index (Phi) is 3.22. The zero-order chi connectivity index (χ0) is 11.5. The highest BCUT2D eigenvalue weighted by Gasteiger charge is 2.16. The van der Waals surface area contributed by atoms with E-state index >= 15 is 0 Å². The fourth-order valence-corrected chi connectivity index (χ4v) is 2.25. The zero-order valence-electron chi connectivity index (χ0n) is 8.68. The second kappa shape index (κ2) is 4.63. The second-order valence-corrected chi connectivity index (χ2v) is 4.28. The van der Waals surface area contributed by atoms with Crippen molar-refractivity contribution in [3.63, 3.8) is 0 Å². The minimum Gasteiger partial charge on any atom is -0.496 e. The predicted molar refractivity (Wildman–Crippen MR) is 61.3 cm³/mol. The van der Waals surface area contributed by atoms with Gasteiger partial charge in [-0.3, -0.25) is 0 Å². The van der Waals surface area contributed by atoms with Crippen LogP contribution in [0.3, 0.4) is 0 Å². The summed E-state index contributed by atoms with van der Waals surface area (Å²) in [6, 6.07) is 7.77. The molecule has 0 radical (unpaired) electrons. The normalized spacial score (nSPS) is 12.4. The van der Waals surface area contributed by atoms with Gasteiger partial charge in [-0.1, -0.05) is 6.07 Å². The molecule has 0 aliphatic carbocycles. The molecule has 1 heterocycles. The Hall–Kier alpha value is -1.39. The summed E-state index contributed by atoms with van der Waals surface area (Å²) in [5.41, 5.74) is 0.449.